The van der Waals surface area contributed by atoms with E-state index in [9.17, 15) is 0 Å². The number of hydrogen-bond donors (Lipinski definition) is 1. The van der Waals surface area contributed by atoms with Crippen LogP contribution in [0.2, 0.25) is 5.02 Å². The molecule has 2 saturated heterocycles. The van der Waals surface area contributed by atoms with Crippen molar-refractivity contribution in [3.05, 3.63) is 28.8 Å². The van der Waals surface area contributed by atoms with E-state index < -0.39 is 0 Å². The monoisotopic (exact) mass is 293 g/mol. The van der Waals surface area contributed by atoms with Crippen LogP contribution >= 0.6 is 11.6 Å². The molecule has 0 aliphatic carbocycles. The summed E-state index contributed by atoms with van der Waals surface area (Å²) in [5, 5.41) is 0.810. The fourth-order valence-corrected chi connectivity index (χ4v) is 3.91. The minimum absolute atomic E-state index is 0.557. The lowest BCUT2D eigenvalue weighted by molar-refractivity contribution is 0.203. The SMILES string of the molecule is CC1CN2CCCC2CN1c1ccc(Cl)cc1CCN. The summed E-state index contributed by atoms with van der Waals surface area (Å²) in [5.74, 6) is 0. The van der Waals surface area contributed by atoms with Gasteiger partial charge in [-0.15, -0.1) is 0 Å². The molecule has 4 heteroatoms. The summed E-state index contributed by atoms with van der Waals surface area (Å²) in [5.41, 5.74) is 8.38. The minimum atomic E-state index is 0.557. The summed E-state index contributed by atoms with van der Waals surface area (Å²) in [7, 11) is 0. The van der Waals surface area contributed by atoms with Crippen molar-refractivity contribution >= 4 is 17.3 Å². The topological polar surface area (TPSA) is 32.5 Å². The smallest absolute Gasteiger partial charge is 0.0410 e. The molecule has 2 aliphatic heterocycles. The summed E-state index contributed by atoms with van der Waals surface area (Å²) in [4.78, 5) is 5.22. The highest BCUT2D eigenvalue weighted by Gasteiger charge is 2.34. The Labute approximate surface area is 126 Å². The van der Waals surface area contributed by atoms with Crippen molar-refractivity contribution in [1.29, 1.82) is 0 Å². The van der Waals surface area contributed by atoms with Crippen LogP contribution in [0, 0.1) is 0 Å². The van der Waals surface area contributed by atoms with Crippen molar-refractivity contribution in [3.63, 3.8) is 0 Å². The van der Waals surface area contributed by atoms with Gasteiger partial charge in [-0.1, -0.05) is 11.6 Å². The largest absolute Gasteiger partial charge is 0.366 e. The molecule has 1 aromatic carbocycles. The first-order chi connectivity index (χ1) is 9.69. The Morgan fingerprint density at radius 2 is 2.20 bits per heavy atom. The van der Waals surface area contributed by atoms with Crippen LogP contribution in [0.4, 0.5) is 5.69 Å². The molecule has 1 aromatic rings. The first-order valence-electron chi connectivity index (χ1n) is 7.68. The Morgan fingerprint density at radius 1 is 1.35 bits per heavy atom. The first-order valence-corrected chi connectivity index (χ1v) is 8.06. The van der Waals surface area contributed by atoms with Gasteiger partial charge in [0.15, 0.2) is 0 Å². The van der Waals surface area contributed by atoms with Crippen LogP contribution in [0.15, 0.2) is 18.2 Å². The zero-order valence-electron chi connectivity index (χ0n) is 12.2. The molecule has 0 aromatic heterocycles. The number of rotatable bonds is 3. The van der Waals surface area contributed by atoms with Crippen LogP contribution in [-0.2, 0) is 6.42 Å². The van der Waals surface area contributed by atoms with Crippen molar-refractivity contribution in [2.24, 2.45) is 5.73 Å². The van der Waals surface area contributed by atoms with Crippen LogP contribution in [0.3, 0.4) is 0 Å². The van der Waals surface area contributed by atoms with Gasteiger partial charge < -0.3 is 10.6 Å². The number of nitrogens with two attached hydrogens (primary N) is 1. The van der Waals surface area contributed by atoms with Crippen LogP contribution in [0.1, 0.15) is 25.3 Å². The third-order valence-electron chi connectivity index (χ3n) is 4.70. The van der Waals surface area contributed by atoms with Gasteiger partial charge in [0.1, 0.15) is 0 Å². The minimum Gasteiger partial charge on any atom is -0.366 e. The quantitative estimate of drug-likeness (QED) is 0.929. The molecule has 20 heavy (non-hydrogen) atoms. The molecule has 2 N–H and O–H groups in total. The standard InChI is InChI=1S/C16H24ClN3/c1-12-10-19-8-2-3-15(19)11-20(12)16-5-4-14(17)9-13(16)6-7-18/h4-5,9,12,15H,2-3,6-8,10-11,18H2,1H3. The van der Waals surface area contributed by atoms with Gasteiger partial charge in [-0.3, -0.25) is 4.90 Å². The highest BCUT2D eigenvalue weighted by Crippen LogP contribution is 2.32. The molecule has 3 rings (SSSR count). The van der Waals surface area contributed by atoms with Crippen LogP contribution in [0.25, 0.3) is 0 Å². The van der Waals surface area contributed by atoms with E-state index in [1.807, 2.05) is 6.07 Å². The normalized spacial score (nSPS) is 26.9. The van der Waals surface area contributed by atoms with E-state index in [1.165, 1.54) is 37.2 Å². The number of hydrogen-bond acceptors (Lipinski definition) is 3. The Kier molecular flexibility index (Phi) is 4.20. The molecule has 2 unspecified atom stereocenters. The number of fused-ring (bicyclic) bond motifs is 1. The molecule has 2 aliphatic rings. The molecule has 0 saturated carbocycles. The van der Waals surface area contributed by atoms with Gasteiger partial charge in [-0.05, 0) is 63.0 Å². The second-order valence-electron chi connectivity index (χ2n) is 6.10. The third kappa shape index (κ3) is 2.67. The van der Waals surface area contributed by atoms with Crippen molar-refractivity contribution < 1.29 is 0 Å². The van der Waals surface area contributed by atoms with E-state index in [1.54, 1.807) is 0 Å². The summed E-state index contributed by atoms with van der Waals surface area (Å²) in [6, 6.07) is 7.55. The van der Waals surface area contributed by atoms with Gasteiger partial charge in [-0.2, -0.15) is 0 Å². The van der Waals surface area contributed by atoms with Gasteiger partial charge in [0.05, 0.1) is 0 Å². The number of halogens is 1. The first kappa shape index (κ1) is 14.2. The predicted octanol–water partition coefficient (Wildman–Crippen LogP) is 2.51. The lowest BCUT2D eigenvalue weighted by Crippen LogP contribution is -2.55. The zero-order valence-corrected chi connectivity index (χ0v) is 12.9. The fourth-order valence-electron chi connectivity index (χ4n) is 3.71. The summed E-state index contributed by atoms with van der Waals surface area (Å²) >= 11 is 6.15. The highest BCUT2D eigenvalue weighted by atomic mass is 35.5. The van der Waals surface area contributed by atoms with Crippen LogP contribution in [-0.4, -0.2) is 43.2 Å². The maximum absolute atomic E-state index is 6.15. The average molecular weight is 294 g/mol. The summed E-state index contributed by atoms with van der Waals surface area (Å²) < 4.78 is 0. The van der Waals surface area contributed by atoms with Gasteiger partial charge in [0.2, 0.25) is 0 Å². The molecule has 0 spiro atoms. The van der Waals surface area contributed by atoms with Crippen LogP contribution in [0.5, 0.6) is 0 Å². The summed E-state index contributed by atoms with van der Waals surface area (Å²) in [6.07, 6.45) is 3.58. The fraction of sp³-hybridized carbons (Fsp3) is 0.625. The van der Waals surface area contributed by atoms with Crippen LogP contribution < -0.4 is 10.6 Å². The van der Waals surface area contributed by atoms with Crippen molar-refractivity contribution in [2.45, 2.75) is 38.3 Å². The number of anilines is 1. The molecule has 110 valence electrons. The molecule has 0 amide bonds. The Balaban J connectivity index is 1.87. The predicted molar refractivity (Wildman–Crippen MR) is 85.6 cm³/mol. The van der Waals surface area contributed by atoms with Crippen molar-refractivity contribution in [1.82, 2.24) is 4.90 Å². The van der Waals surface area contributed by atoms with Crippen molar-refractivity contribution in [2.75, 3.05) is 31.1 Å². The second kappa shape index (κ2) is 5.92. The molecule has 2 fully saturated rings. The summed E-state index contributed by atoms with van der Waals surface area (Å²) in [6.45, 7) is 6.59. The lowest BCUT2D eigenvalue weighted by Gasteiger charge is -2.44. The van der Waals surface area contributed by atoms with E-state index in [4.69, 9.17) is 17.3 Å². The number of benzene rings is 1. The van der Waals surface area contributed by atoms with Gasteiger partial charge in [0.25, 0.3) is 0 Å². The van der Waals surface area contributed by atoms with E-state index in [0.29, 0.717) is 12.6 Å². The molecule has 0 bridgehead atoms. The molecule has 0 radical (unpaired) electrons. The molecular weight excluding hydrogens is 270 g/mol. The number of piperazine rings is 1. The number of nitrogens with zero attached hydrogens (tertiary/aromatic N) is 2. The van der Waals surface area contributed by atoms with E-state index >= 15 is 0 Å². The second-order valence-corrected chi connectivity index (χ2v) is 6.54. The zero-order chi connectivity index (χ0) is 14.1. The maximum atomic E-state index is 6.15. The van der Waals surface area contributed by atoms with E-state index in [-0.39, 0.29) is 0 Å². The maximum Gasteiger partial charge on any atom is 0.0410 e. The van der Waals surface area contributed by atoms with E-state index in [0.717, 1.165) is 24.0 Å². The Bertz CT molecular complexity index is 477. The van der Waals surface area contributed by atoms with Gasteiger partial charge in [0, 0.05) is 35.9 Å². The third-order valence-corrected chi connectivity index (χ3v) is 4.94. The van der Waals surface area contributed by atoms with Gasteiger partial charge >= 0.3 is 0 Å². The molecule has 2 heterocycles. The van der Waals surface area contributed by atoms with E-state index in [2.05, 4.69) is 28.9 Å². The Hall–Kier alpha value is -0.770. The average Bonchev–Trinajstić information content (AvgIpc) is 2.86. The molecule has 3 nitrogen and oxygen atoms in total. The van der Waals surface area contributed by atoms with Gasteiger partial charge in [-0.25, -0.2) is 0 Å². The lowest BCUT2D eigenvalue weighted by atomic mass is 10.0. The highest BCUT2D eigenvalue weighted by molar-refractivity contribution is 6.30. The molecular formula is C16H24ClN3. The van der Waals surface area contributed by atoms with Crippen molar-refractivity contribution in [3.8, 4) is 0 Å². The molecule has 2 atom stereocenters. The Morgan fingerprint density at radius 3 is 3.00 bits per heavy atom.